The number of nitrogens with zero attached hydrogens (tertiary/aromatic N) is 1. The van der Waals surface area contributed by atoms with Crippen LogP contribution in [0.4, 0.5) is 0 Å². The van der Waals surface area contributed by atoms with Gasteiger partial charge in [-0.05, 0) is 37.8 Å². The highest BCUT2D eigenvalue weighted by Gasteiger charge is 2.41. The summed E-state index contributed by atoms with van der Waals surface area (Å²) in [6, 6.07) is 4.06. The Labute approximate surface area is 96.8 Å². The minimum absolute atomic E-state index is 0.267. The van der Waals surface area contributed by atoms with Gasteiger partial charge in [-0.3, -0.25) is 4.68 Å². The van der Waals surface area contributed by atoms with Crippen molar-refractivity contribution >= 4 is 0 Å². The normalized spacial score (nSPS) is 27.6. The highest BCUT2D eigenvalue weighted by molar-refractivity contribution is 4.97. The van der Waals surface area contributed by atoms with E-state index in [1.165, 1.54) is 38.5 Å². The highest BCUT2D eigenvalue weighted by atomic mass is 16.5. The van der Waals surface area contributed by atoms with Crippen molar-refractivity contribution in [3.05, 3.63) is 24.5 Å². The third kappa shape index (κ3) is 1.96. The fraction of sp³-hybridized carbons (Fsp3) is 0.692. The van der Waals surface area contributed by atoms with Gasteiger partial charge >= 0.3 is 0 Å². The maximum absolute atomic E-state index is 6.23. The molecule has 2 aliphatic rings. The second kappa shape index (κ2) is 4.13. The van der Waals surface area contributed by atoms with Crippen LogP contribution in [0.15, 0.2) is 24.5 Å². The van der Waals surface area contributed by atoms with E-state index in [0.717, 1.165) is 6.54 Å². The molecule has 1 spiro atoms. The van der Waals surface area contributed by atoms with Crippen LogP contribution in [0, 0.1) is 0 Å². The summed E-state index contributed by atoms with van der Waals surface area (Å²) in [6.45, 7) is 0.927. The lowest BCUT2D eigenvalue weighted by Gasteiger charge is -2.24. The molecule has 1 aromatic heterocycles. The van der Waals surface area contributed by atoms with Gasteiger partial charge in [0.2, 0.25) is 0 Å². The molecule has 16 heavy (non-hydrogen) atoms. The zero-order valence-corrected chi connectivity index (χ0v) is 9.69. The van der Waals surface area contributed by atoms with Gasteiger partial charge in [-0.2, -0.15) is 0 Å². The van der Waals surface area contributed by atoms with Gasteiger partial charge in [0.15, 0.2) is 0 Å². The summed E-state index contributed by atoms with van der Waals surface area (Å²) in [7, 11) is 0. The summed E-state index contributed by atoms with van der Waals surface area (Å²) in [5, 5.41) is 0. The third-order valence-electron chi connectivity index (χ3n) is 3.96. The maximum atomic E-state index is 6.23. The number of rotatable bonds is 3. The van der Waals surface area contributed by atoms with E-state index in [2.05, 4.69) is 5.43 Å². The van der Waals surface area contributed by atoms with Crippen molar-refractivity contribution in [1.29, 1.82) is 0 Å². The minimum Gasteiger partial charge on any atom is -0.370 e. The average Bonchev–Trinajstić information content (AvgIpc) is 3.01. The lowest BCUT2D eigenvalue weighted by atomic mass is 9.98. The molecule has 0 aromatic carbocycles. The molecule has 88 valence electrons. The Morgan fingerprint density at radius 3 is 2.69 bits per heavy atom. The fourth-order valence-electron chi connectivity index (χ4n) is 3.07. The first kappa shape index (κ1) is 10.2. The second-order valence-electron chi connectivity index (χ2n) is 5.12. The summed E-state index contributed by atoms with van der Waals surface area (Å²) in [6.07, 6.45) is 12.2. The monoisotopic (exact) mass is 220 g/mol. The molecule has 1 aliphatic heterocycles. The molecule has 1 saturated carbocycles. The predicted molar refractivity (Wildman–Crippen MR) is 64.0 cm³/mol. The number of hydrogen-bond acceptors (Lipinski definition) is 2. The Bertz CT molecular complexity index is 328. The largest absolute Gasteiger partial charge is 0.370 e. The molecule has 1 saturated heterocycles. The molecular weight excluding hydrogens is 200 g/mol. The average molecular weight is 220 g/mol. The van der Waals surface area contributed by atoms with E-state index in [9.17, 15) is 0 Å². The smallest absolute Gasteiger partial charge is 0.0772 e. The van der Waals surface area contributed by atoms with Gasteiger partial charge in [-0.1, -0.05) is 12.8 Å². The van der Waals surface area contributed by atoms with E-state index < -0.39 is 0 Å². The number of hydrogen-bond donors (Lipinski definition) is 1. The van der Waals surface area contributed by atoms with Crippen molar-refractivity contribution in [2.75, 3.05) is 12.0 Å². The van der Waals surface area contributed by atoms with Crippen molar-refractivity contribution in [3.8, 4) is 0 Å². The Morgan fingerprint density at radius 1 is 1.19 bits per heavy atom. The Hall–Kier alpha value is -0.960. The molecular formula is C13H20N2O. The van der Waals surface area contributed by atoms with Crippen LogP contribution in [0.2, 0.25) is 0 Å². The molecule has 0 amide bonds. The van der Waals surface area contributed by atoms with Crippen LogP contribution in [0.5, 0.6) is 0 Å². The first-order chi connectivity index (χ1) is 7.86. The van der Waals surface area contributed by atoms with E-state index in [1.807, 2.05) is 29.2 Å². The predicted octanol–water partition coefficient (Wildman–Crippen LogP) is 2.52. The molecule has 1 aliphatic carbocycles. The van der Waals surface area contributed by atoms with Crippen molar-refractivity contribution < 1.29 is 4.74 Å². The molecule has 0 radical (unpaired) electrons. The van der Waals surface area contributed by atoms with Crippen molar-refractivity contribution in [3.63, 3.8) is 0 Å². The molecule has 2 fully saturated rings. The van der Waals surface area contributed by atoms with Crippen LogP contribution in [0.25, 0.3) is 0 Å². The van der Waals surface area contributed by atoms with Crippen molar-refractivity contribution in [2.24, 2.45) is 0 Å². The molecule has 1 aromatic rings. The Kier molecular flexibility index (Phi) is 2.64. The second-order valence-corrected chi connectivity index (χ2v) is 5.12. The van der Waals surface area contributed by atoms with Crippen LogP contribution in [0.1, 0.15) is 38.5 Å². The SMILES string of the molecule is c1ccn(NCC2CCC3(CCCC3)O2)c1. The summed E-state index contributed by atoms with van der Waals surface area (Å²) < 4.78 is 8.24. The first-order valence-electron chi connectivity index (χ1n) is 6.41. The van der Waals surface area contributed by atoms with Gasteiger partial charge in [0.05, 0.1) is 18.2 Å². The quantitative estimate of drug-likeness (QED) is 0.847. The van der Waals surface area contributed by atoms with Gasteiger partial charge in [0.25, 0.3) is 0 Å². The summed E-state index contributed by atoms with van der Waals surface area (Å²) >= 11 is 0. The summed E-state index contributed by atoms with van der Waals surface area (Å²) in [5.74, 6) is 0. The molecule has 3 rings (SSSR count). The molecule has 1 unspecified atom stereocenters. The molecule has 0 bridgehead atoms. The van der Waals surface area contributed by atoms with Crippen LogP contribution in [-0.2, 0) is 4.74 Å². The van der Waals surface area contributed by atoms with Gasteiger partial charge in [-0.25, -0.2) is 0 Å². The molecule has 1 N–H and O–H groups in total. The first-order valence-corrected chi connectivity index (χ1v) is 6.41. The lowest BCUT2D eigenvalue weighted by Crippen LogP contribution is -2.30. The van der Waals surface area contributed by atoms with E-state index in [-0.39, 0.29) is 5.60 Å². The number of ether oxygens (including phenoxy) is 1. The third-order valence-corrected chi connectivity index (χ3v) is 3.96. The lowest BCUT2D eigenvalue weighted by molar-refractivity contribution is -0.0314. The zero-order valence-electron chi connectivity index (χ0n) is 9.69. The van der Waals surface area contributed by atoms with Crippen molar-refractivity contribution in [2.45, 2.75) is 50.2 Å². The minimum atomic E-state index is 0.267. The van der Waals surface area contributed by atoms with Gasteiger partial charge < -0.3 is 10.2 Å². The summed E-state index contributed by atoms with van der Waals surface area (Å²) in [4.78, 5) is 0. The van der Waals surface area contributed by atoms with Gasteiger partial charge in [0.1, 0.15) is 0 Å². The Morgan fingerprint density at radius 2 is 1.94 bits per heavy atom. The standard InChI is InChI=1S/C13H20N2O/c1-2-7-13(6-1)8-5-12(16-13)11-14-15-9-3-4-10-15/h3-4,9-10,12,14H,1-2,5-8,11H2. The molecule has 2 heterocycles. The van der Waals surface area contributed by atoms with Gasteiger partial charge in [0, 0.05) is 12.4 Å². The van der Waals surface area contributed by atoms with Crippen LogP contribution in [0.3, 0.4) is 0 Å². The Balaban J connectivity index is 1.50. The van der Waals surface area contributed by atoms with E-state index in [4.69, 9.17) is 4.74 Å². The molecule has 3 heteroatoms. The number of aromatic nitrogens is 1. The maximum Gasteiger partial charge on any atom is 0.0772 e. The molecule has 1 atom stereocenters. The van der Waals surface area contributed by atoms with E-state index in [1.54, 1.807) is 0 Å². The van der Waals surface area contributed by atoms with Crippen molar-refractivity contribution in [1.82, 2.24) is 4.68 Å². The topological polar surface area (TPSA) is 26.2 Å². The number of nitrogens with one attached hydrogen (secondary N) is 1. The van der Waals surface area contributed by atoms with Crippen LogP contribution < -0.4 is 5.43 Å². The van der Waals surface area contributed by atoms with Crippen LogP contribution in [-0.4, -0.2) is 22.9 Å². The zero-order chi connectivity index (χ0) is 10.8. The highest BCUT2D eigenvalue weighted by Crippen LogP contribution is 2.43. The van der Waals surface area contributed by atoms with Crippen LogP contribution >= 0.6 is 0 Å². The van der Waals surface area contributed by atoms with E-state index in [0.29, 0.717) is 6.10 Å². The summed E-state index contributed by atoms with van der Waals surface area (Å²) in [5.41, 5.74) is 3.63. The van der Waals surface area contributed by atoms with Gasteiger partial charge in [-0.15, -0.1) is 0 Å². The molecule has 3 nitrogen and oxygen atoms in total. The fourth-order valence-corrected chi connectivity index (χ4v) is 3.07. The van der Waals surface area contributed by atoms with E-state index >= 15 is 0 Å².